The summed E-state index contributed by atoms with van der Waals surface area (Å²) in [6.45, 7) is 7.61. The third-order valence-electron chi connectivity index (χ3n) is 3.83. The van der Waals surface area contributed by atoms with Crippen molar-refractivity contribution in [2.45, 2.75) is 58.5 Å². The topological polar surface area (TPSA) is 58.4 Å². The van der Waals surface area contributed by atoms with Crippen molar-refractivity contribution in [1.82, 2.24) is 10.3 Å². The molecule has 0 aromatic carbocycles. The van der Waals surface area contributed by atoms with Gasteiger partial charge in [-0.1, -0.05) is 20.3 Å². The van der Waals surface area contributed by atoms with Crippen LogP contribution in [0.3, 0.4) is 0 Å². The fraction of sp³-hybridized carbons (Fsp3) is 0.917. The maximum atomic E-state index is 11.8. The molecular weight excluding hydrogens is 202 g/mol. The molecule has 1 amide bonds. The van der Waals surface area contributed by atoms with E-state index in [1.807, 2.05) is 0 Å². The molecule has 0 aromatic heterocycles. The van der Waals surface area contributed by atoms with Crippen molar-refractivity contribution in [2.75, 3.05) is 6.54 Å². The first-order valence-electron chi connectivity index (χ1n) is 6.38. The first kappa shape index (κ1) is 13.5. The Hall–Kier alpha value is -0.610. The third-order valence-corrected chi connectivity index (χ3v) is 3.83. The maximum absolute atomic E-state index is 11.8. The van der Waals surface area contributed by atoms with Crippen molar-refractivity contribution in [1.29, 1.82) is 0 Å². The molecule has 0 aliphatic carbocycles. The minimum Gasteiger partial charge on any atom is -0.293 e. The lowest BCUT2D eigenvalue weighted by Crippen LogP contribution is -2.55. The Labute approximate surface area is 98.5 Å². The molecule has 0 saturated carbocycles. The van der Waals surface area contributed by atoms with Crippen LogP contribution in [0.25, 0.3) is 0 Å². The molecule has 1 aliphatic rings. The smallest absolute Gasteiger partial charge is 0.251 e. The summed E-state index contributed by atoms with van der Waals surface area (Å²) in [6, 6.07) is 0.426. The Morgan fingerprint density at radius 3 is 2.81 bits per heavy atom. The molecule has 16 heavy (non-hydrogen) atoms. The van der Waals surface area contributed by atoms with Gasteiger partial charge in [0.25, 0.3) is 5.91 Å². The van der Waals surface area contributed by atoms with Crippen molar-refractivity contribution < 1.29 is 4.79 Å². The number of likely N-dealkylation sites (tertiary alicyclic amines) is 1. The molecule has 4 nitrogen and oxygen atoms in total. The van der Waals surface area contributed by atoms with Gasteiger partial charge in [0.2, 0.25) is 0 Å². The zero-order chi connectivity index (χ0) is 12.1. The minimum absolute atomic E-state index is 0.0391. The van der Waals surface area contributed by atoms with Crippen LogP contribution < -0.4 is 11.3 Å². The number of piperidine rings is 1. The first-order valence-corrected chi connectivity index (χ1v) is 6.38. The Morgan fingerprint density at radius 2 is 2.25 bits per heavy atom. The molecule has 1 saturated heterocycles. The molecule has 4 heteroatoms. The summed E-state index contributed by atoms with van der Waals surface area (Å²) < 4.78 is 0. The molecule has 1 aliphatic heterocycles. The van der Waals surface area contributed by atoms with E-state index in [-0.39, 0.29) is 11.9 Å². The summed E-state index contributed by atoms with van der Waals surface area (Å²) in [4.78, 5) is 14.1. The highest BCUT2D eigenvalue weighted by molar-refractivity contribution is 5.81. The summed E-state index contributed by atoms with van der Waals surface area (Å²) in [6.07, 6.45) is 4.35. The second-order valence-corrected chi connectivity index (χ2v) is 4.91. The fourth-order valence-corrected chi connectivity index (χ4v) is 2.62. The number of carbonyl (C=O) groups excluding carboxylic acids is 1. The van der Waals surface area contributed by atoms with Crippen LogP contribution in [0.1, 0.15) is 46.5 Å². The van der Waals surface area contributed by atoms with E-state index in [9.17, 15) is 4.79 Å². The number of nitrogens with one attached hydrogen (secondary N) is 1. The van der Waals surface area contributed by atoms with Crippen LogP contribution in [-0.4, -0.2) is 29.4 Å². The number of amides is 1. The number of rotatable bonds is 4. The van der Waals surface area contributed by atoms with Crippen LogP contribution in [0, 0.1) is 5.92 Å². The van der Waals surface area contributed by atoms with Gasteiger partial charge in [-0.3, -0.25) is 15.1 Å². The van der Waals surface area contributed by atoms with Crippen LogP contribution in [0.4, 0.5) is 0 Å². The summed E-state index contributed by atoms with van der Waals surface area (Å²) in [5.74, 6) is 5.89. The van der Waals surface area contributed by atoms with Crippen molar-refractivity contribution in [3.05, 3.63) is 0 Å². The average molecular weight is 227 g/mol. The van der Waals surface area contributed by atoms with Gasteiger partial charge in [0.05, 0.1) is 6.04 Å². The molecule has 0 radical (unpaired) electrons. The lowest BCUT2D eigenvalue weighted by atomic mass is 9.90. The van der Waals surface area contributed by atoms with E-state index in [4.69, 9.17) is 5.84 Å². The highest BCUT2D eigenvalue weighted by Crippen LogP contribution is 2.26. The number of hydrazine groups is 1. The Kier molecular flexibility index (Phi) is 5.22. The standard InChI is InChI=1S/C12H25N3O/c1-4-6-11(12(16)14-13)15-8-5-7-9(2)10(15)3/h9-11H,4-8,13H2,1-3H3,(H,14,16). The molecule has 1 fully saturated rings. The predicted molar refractivity (Wildman–Crippen MR) is 65.6 cm³/mol. The van der Waals surface area contributed by atoms with Gasteiger partial charge >= 0.3 is 0 Å². The second kappa shape index (κ2) is 6.21. The van der Waals surface area contributed by atoms with E-state index in [0.717, 1.165) is 19.4 Å². The van der Waals surface area contributed by atoms with Gasteiger partial charge in [-0.25, -0.2) is 5.84 Å². The van der Waals surface area contributed by atoms with Crippen molar-refractivity contribution in [3.63, 3.8) is 0 Å². The second-order valence-electron chi connectivity index (χ2n) is 4.91. The highest BCUT2D eigenvalue weighted by Gasteiger charge is 2.33. The predicted octanol–water partition coefficient (Wildman–Crippen LogP) is 1.27. The van der Waals surface area contributed by atoms with Gasteiger partial charge in [-0.2, -0.15) is 0 Å². The van der Waals surface area contributed by atoms with Crippen molar-refractivity contribution in [2.24, 2.45) is 11.8 Å². The van der Waals surface area contributed by atoms with Gasteiger partial charge in [-0.05, 0) is 38.6 Å². The molecular formula is C12H25N3O. The normalized spacial score (nSPS) is 28.8. The zero-order valence-corrected chi connectivity index (χ0v) is 10.7. The van der Waals surface area contributed by atoms with Gasteiger partial charge in [0, 0.05) is 6.04 Å². The molecule has 1 rings (SSSR count). The fourth-order valence-electron chi connectivity index (χ4n) is 2.62. The van der Waals surface area contributed by atoms with Crippen molar-refractivity contribution >= 4 is 5.91 Å². The molecule has 1 heterocycles. The van der Waals surface area contributed by atoms with E-state index in [1.54, 1.807) is 0 Å². The summed E-state index contributed by atoms with van der Waals surface area (Å²) in [5, 5.41) is 0. The summed E-state index contributed by atoms with van der Waals surface area (Å²) in [7, 11) is 0. The third kappa shape index (κ3) is 2.95. The number of nitrogens with two attached hydrogens (primary N) is 1. The van der Waals surface area contributed by atoms with E-state index >= 15 is 0 Å². The number of hydrogen-bond acceptors (Lipinski definition) is 3. The summed E-state index contributed by atoms with van der Waals surface area (Å²) >= 11 is 0. The van der Waals surface area contributed by atoms with Gasteiger partial charge in [-0.15, -0.1) is 0 Å². The van der Waals surface area contributed by atoms with Gasteiger partial charge in [0.15, 0.2) is 0 Å². The molecule has 0 bridgehead atoms. The van der Waals surface area contributed by atoms with Crippen LogP contribution in [0.2, 0.25) is 0 Å². The monoisotopic (exact) mass is 227 g/mol. The molecule has 0 spiro atoms. The molecule has 0 aromatic rings. The first-order chi connectivity index (χ1) is 7.61. The van der Waals surface area contributed by atoms with Gasteiger partial charge < -0.3 is 0 Å². The lowest BCUT2D eigenvalue weighted by molar-refractivity contribution is -0.128. The van der Waals surface area contributed by atoms with Gasteiger partial charge in [0.1, 0.15) is 0 Å². The van der Waals surface area contributed by atoms with Crippen LogP contribution in [-0.2, 0) is 4.79 Å². The Balaban J connectivity index is 2.72. The van der Waals surface area contributed by atoms with E-state index < -0.39 is 0 Å². The highest BCUT2D eigenvalue weighted by atomic mass is 16.2. The Bertz CT molecular complexity index is 232. The van der Waals surface area contributed by atoms with E-state index in [1.165, 1.54) is 12.8 Å². The summed E-state index contributed by atoms with van der Waals surface area (Å²) in [5.41, 5.74) is 2.30. The maximum Gasteiger partial charge on any atom is 0.251 e. The van der Waals surface area contributed by atoms with Crippen LogP contribution >= 0.6 is 0 Å². The molecule has 94 valence electrons. The number of nitrogens with zero attached hydrogens (tertiary/aromatic N) is 1. The minimum atomic E-state index is -0.0484. The number of hydrogen-bond donors (Lipinski definition) is 2. The largest absolute Gasteiger partial charge is 0.293 e. The lowest BCUT2D eigenvalue weighted by Gasteiger charge is -2.42. The zero-order valence-electron chi connectivity index (χ0n) is 10.7. The van der Waals surface area contributed by atoms with Crippen LogP contribution in [0.15, 0.2) is 0 Å². The number of carbonyl (C=O) groups is 1. The van der Waals surface area contributed by atoms with Crippen LogP contribution in [0.5, 0.6) is 0 Å². The SMILES string of the molecule is CCCC(C(=O)NN)N1CCCC(C)C1C. The quantitative estimate of drug-likeness (QED) is 0.432. The Morgan fingerprint density at radius 1 is 1.56 bits per heavy atom. The van der Waals surface area contributed by atoms with Crippen molar-refractivity contribution in [3.8, 4) is 0 Å². The van der Waals surface area contributed by atoms with E-state index in [0.29, 0.717) is 12.0 Å². The molecule has 3 unspecified atom stereocenters. The molecule has 3 N–H and O–H groups in total. The van der Waals surface area contributed by atoms with E-state index in [2.05, 4.69) is 31.1 Å². The molecule has 3 atom stereocenters. The average Bonchev–Trinajstić information content (AvgIpc) is 2.29.